The summed E-state index contributed by atoms with van der Waals surface area (Å²) in [5.41, 5.74) is 0. The van der Waals surface area contributed by atoms with Crippen molar-refractivity contribution >= 4 is 0 Å². The second kappa shape index (κ2) is 5.75. The van der Waals surface area contributed by atoms with Crippen molar-refractivity contribution in [3.8, 4) is 0 Å². The smallest absolute Gasteiger partial charge is 0.0138 e. The average Bonchev–Trinajstić information content (AvgIpc) is 2.76. The van der Waals surface area contributed by atoms with Crippen LogP contribution in [0.5, 0.6) is 0 Å². The molecule has 1 saturated carbocycles. The van der Waals surface area contributed by atoms with Gasteiger partial charge in [0.2, 0.25) is 0 Å². The molecule has 18 heavy (non-hydrogen) atoms. The fourth-order valence-electron chi connectivity index (χ4n) is 3.92. The minimum absolute atomic E-state index is 0.794. The molecule has 1 N–H and O–H groups in total. The first-order valence-corrected chi connectivity index (χ1v) is 8.02. The first-order valence-electron chi connectivity index (χ1n) is 8.02. The Morgan fingerprint density at radius 1 is 1.28 bits per heavy atom. The molecule has 3 rings (SSSR count). The summed E-state index contributed by atoms with van der Waals surface area (Å²) in [5, 5.41) is 3.93. The molecule has 2 aliphatic carbocycles. The van der Waals surface area contributed by atoms with Crippen LogP contribution in [0.15, 0.2) is 12.2 Å². The number of likely N-dealkylation sites (tertiary alicyclic amines) is 1. The Hall–Kier alpha value is -0.340. The summed E-state index contributed by atoms with van der Waals surface area (Å²) in [6.07, 6.45) is 13.0. The zero-order chi connectivity index (χ0) is 12.4. The number of piperidine rings is 1. The number of rotatable bonds is 5. The molecular formula is C16H28N2. The summed E-state index contributed by atoms with van der Waals surface area (Å²) in [4.78, 5) is 2.65. The molecule has 3 atom stereocenters. The van der Waals surface area contributed by atoms with Crippen LogP contribution in [-0.2, 0) is 0 Å². The Morgan fingerprint density at radius 2 is 2.11 bits per heavy atom. The molecule has 2 fully saturated rings. The van der Waals surface area contributed by atoms with Gasteiger partial charge in [-0.05, 0) is 63.6 Å². The van der Waals surface area contributed by atoms with E-state index in [-0.39, 0.29) is 0 Å². The van der Waals surface area contributed by atoms with Crippen molar-refractivity contribution in [3.05, 3.63) is 12.2 Å². The number of nitrogens with one attached hydrogen (secondary N) is 1. The highest BCUT2D eigenvalue weighted by Crippen LogP contribution is 2.43. The zero-order valence-electron chi connectivity index (χ0n) is 11.8. The molecule has 2 heteroatoms. The van der Waals surface area contributed by atoms with Gasteiger partial charge in [0.1, 0.15) is 0 Å². The maximum atomic E-state index is 3.93. The Bertz CT molecular complexity index is 291. The maximum Gasteiger partial charge on any atom is 0.0138 e. The van der Waals surface area contributed by atoms with Gasteiger partial charge >= 0.3 is 0 Å². The van der Waals surface area contributed by atoms with E-state index in [1.54, 1.807) is 0 Å². The molecule has 3 aliphatic rings. The van der Waals surface area contributed by atoms with Gasteiger partial charge in [0.25, 0.3) is 0 Å². The molecule has 0 amide bonds. The molecule has 1 heterocycles. The number of hydrogen-bond acceptors (Lipinski definition) is 2. The van der Waals surface area contributed by atoms with Gasteiger partial charge < -0.3 is 10.2 Å². The number of hydrogen-bond donors (Lipinski definition) is 1. The predicted octanol–water partition coefficient (Wildman–Crippen LogP) is 2.81. The van der Waals surface area contributed by atoms with Crippen LogP contribution in [-0.4, -0.2) is 36.6 Å². The van der Waals surface area contributed by atoms with Crippen LogP contribution in [0.25, 0.3) is 0 Å². The second-order valence-electron chi connectivity index (χ2n) is 6.48. The molecule has 1 aliphatic heterocycles. The normalized spacial score (nSPS) is 36.6. The Balaban J connectivity index is 1.37. The lowest BCUT2D eigenvalue weighted by atomic mass is 9.71. The fraction of sp³-hybridized carbons (Fsp3) is 0.875. The van der Waals surface area contributed by atoms with Gasteiger partial charge in [-0.3, -0.25) is 0 Å². The van der Waals surface area contributed by atoms with E-state index in [4.69, 9.17) is 0 Å². The highest BCUT2D eigenvalue weighted by Gasteiger charge is 2.41. The van der Waals surface area contributed by atoms with Crippen LogP contribution in [0.1, 0.15) is 45.4 Å². The minimum Gasteiger partial charge on any atom is -0.311 e. The summed E-state index contributed by atoms with van der Waals surface area (Å²) in [7, 11) is 0. The van der Waals surface area contributed by atoms with E-state index in [0.29, 0.717) is 0 Å². The largest absolute Gasteiger partial charge is 0.311 e. The van der Waals surface area contributed by atoms with Crippen LogP contribution in [0, 0.1) is 11.8 Å². The third-order valence-electron chi connectivity index (χ3n) is 5.23. The summed E-state index contributed by atoms with van der Waals surface area (Å²) in [6, 6.07) is 1.60. The molecular weight excluding hydrogens is 220 g/mol. The van der Waals surface area contributed by atoms with Crippen LogP contribution in [0.3, 0.4) is 0 Å². The lowest BCUT2D eigenvalue weighted by Crippen LogP contribution is -2.54. The second-order valence-corrected chi connectivity index (χ2v) is 6.48. The number of fused-ring (bicyclic) bond motifs is 1. The zero-order valence-corrected chi connectivity index (χ0v) is 11.8. The van der Waals surface area contributed by atoms with Gasteiger partial charge in [-0.2, -0.15) is 0 Å². The van der Waals surface area contributed by atoms with Gasteiger partial charge in [0, 0.05) is 12.1 Å². The molecule has 1 saturated heterocycles. The van der Waals surface area contributed by atoms with Crippen molar-refractivity contribution in [2.75, 3.05) is 19.6 Å². The predicted molar refractivity (Wildman–Crippen MR) is 76.6 cm³/mol. The molecule has 0 aromatic heterocycles. The van der Waals surface area contributed by atoms with Crippen molar-refractivity contribution < 1.29 is 0 Å². The Morgan fingerprint density at radius 3 is 2.83 bits per heavy atom. The van der Waals surface area contributed by atoms with E-state index in [2.05, 4.69) is 29.3 Å². The molecule has 0 aromatic rings. The van der Waals surface area contributed by atoms with Gasteiger partial charge in [-0.1, -0.05) is 25.5 Å². The van der Waals surface area contributed by atoms with E-state index >= 15 is 0 Å². The quantitative estimate of drug-likeness (QED) is 0.753. The summed E-state index contributed by atoms with van der Waals surface area (Å²) >= 11 is 0. The Kier molecular flexibility index (Phi) is 4.05. The van der Waals surface area contributed by atoms with E-state index in [9.17, 15) is 0 Å². The lowest BCUT2D eigenvalue weighted by Gasteiger charge is -2.44. The van der Waals surface area contributed by atoms with Crippen LogP contribution >= 0.6 is 0 Å². The summed E-state index contributed by atoms with van der Waals surface area (Å²) in [6.45, 7) is 6.24. The molecule has 2 nitrogen and oxygen atoms in total. The SMILES string of the molecule is CCCCN1CCC(NC2CC3CC=CC32)CC1. The minimum atomic E-state index is 0.794. The number of unbranched alkanes of at least 4 members (excludes halogenated alkanes) is 1. The first kappa shape index (κ1) is 12.7. The number of allylic oxidation sites excluding steroid dienone is 1. The molecule has 3 unspecified atom stereocenters. The molecule has 0 spiro atoms. The Labute approximate surface area is 112 Å². The monoisotopic (exact) mass is 248 g/mol. The van der Waals surface area contributed by atoms with Gasteiger partial charge in [-0.25, -0.2) is 0 Å². The molecule has 0 aromatic carbocycles. The van der Waals surface area contributed by atoms with Crippen LogP contribution in [0.2, 0.25) is 0 Å². The van der Waals surface area contributed by atoms with Crippen molar-refractivity contribution in [2.24, 2.45) is 11.8 Å². The van der Waals surface area contributed by atoms with E-state index < -0.39 is 0 Å². The first-order chi connectivity index (χ1) is 8.86. The highest BCUT2D eigenvalue weighted by atomic mass is 15.1. The molecule has 0 bridgehead atoms. The number of nitrogens with zero attached hydrogens (tertiary/aromatic N) is 1. The van der Waals surface area contributed by atoms with Crippen molar-refractivity contribution in [1.29, 1.82) is 0 Å². The van der Waals surface area contributed by atoms with Crippen molar-refractivity contribution in [2.45, 2.75) is 57.5 Å². The highest BCUT2D eigenvalue weighted by molar-refractivity contribution is 5.13. The van der Waals surface area contributed by atoms with Crippen LogP contribution in [0.4, 0.5) is 0 Å². The van der Waals surface area contributed by atoms with Crippen molar-refractivity contribution in [1.82, 2.24) is 10.2 Å². The standard InChI is InChI=1S/C16H28N2/c1-2-3-9-18-10-7-14(8-11-18)17-16-12-13-5-4-6-15(13)16/h4,6,13-17H,2-3,5,7-12H2,1H3. The summed E-state index contributed by atoms with van der Waals surface area (Å²) in [5.74, 6) is 1.87. The third kappa shape index (κ3) is 2.65. The maximum absolute atomic E-state index is 3.93. The van der Waals surface area contributed by atoms with Gasteiger partial charge in [0.15, 0.2) is 0 Å². The van der Waals surface area contributed by atoms with Crippen LogP contribution < -0.4 is 5.32 Å². The average molecular weight is 248 g/mol. The molecule has 0 radical (unpaired) electrons. The topological polar surface area (TPSA) is 15.3 Å². The lowest BCUT2D eigenvalue weighted by molar-refractivity contribution is 0.122. The van der Waals surface area contributed by atoms with E-state index in [1.165, 1.54) is 58.2 Å². The van der Waals surface area contributed by atoms with Gasteiger partial charge in [0.05, 0.1) is 0 Å². The van der Waals surface area contributed by atoms with Gasteiger partial charge in [-0.15, -0.1) is 0 Å². The van der Waals surface area contributed by atoms with E-state index in [0.717, 1.165) is 23.9 Å². The third-order valence-corrected chi connectivity index (χ3v) is 5.23. The molecule has 102 valence electrons. The van der Waals surface area contributed by atoms with E-state index in [1.807, 2.05) is 0 Å². The fourth-order valence-corrected chi connectivity index (χ4v) is 3.92. The summed E-state index contributed by atoms with van der Waals surface area (Å²) < 4.78 is 0. The van der Waals surface area contributed by atoms with Crippen molar-refractivity contribution in [3.63, 3.8) is 0 Å².